The van der Waals surface area contributed by atoms with Gasteiger partial charge in [-0.3, -0.25) is 23.7 Å². The van der Waals surface area contributed by atoms with Gasteiger partial charge in [0.05, 0.1) is 24.6 Å². The van der Waals surface area contributed by atoms with Crippen molar-refractivity contribution < 1.29 is 51.7 Å². The zero-order chi connectivity index (χ0) is 44.7. The number of piperidine rings is 3. The molecule has 1 aromatic carbocycles. The van der Waals surface area contributed by atoms with Crippen molar-refractivity contribution in [1.29, 1.82) is 0 Å². The monoisotopic (exact) mass is 894 g/mol. The highest BCUT2D eigenvalue weighted by Gasteiger charge is 2.92. The molecular formula is C43H59N8O11P. The molecule has 8 rings (SSSR count). The number of methoxy groups -OCH3 is 1. The van der Waals surface area contributed by atoms with E-state index < -0.39 is 73.0 Å². The smallest absolute Gasteiger partial charge is 0.459 e. The third-order valence-corrected chi connectivity index (χ3v) is 15.1. The summed E-state index contributed by atoms with van der Waals surface area (Å²) in [6, 6.07) is 10.6. The number of amides is 1. The number of hydrogen-bond donors (Lipinski definition) is 2. The molecule has 1 unspecified atom stereocenters. The summed E-state index contributed by atoms with van der Waals surface area (Å²) in [6.07, 6.45) is 1.09. The Morgan fingerprint density at radius 1 is 0.841 bits per heavy atom. The molecule has 1 amide bonds. The van der Waals surface area contributed by atoms with Crippen LogP contribution in [0.3, 0.4) is 0 Å². The second-order valence-corrected chi connectivity index (χ2v) is 19.5. The molecule has 63 heavy (non-hydrogen) atoms. The Bertz CT molecular complexity index is 2210. The Morgan fingerprint density at radius 2 is 1.43 bits per heavy atom. The summed E-state index contributed by atoms with van der Waals surface area (Å²) in [5.74, 6) is -2.59. The Kier molecular flexibility index (Phi) is 13.0. The van der Waals surface area contributed by atoms with Crippen LogP contribution in [0.1, 0.15) is 64.2 Å². The molecule has 2 N–H and O–H groups in total. The van der Waals surface area contributed by atoms with Crippen LogP contribution in [0.4, 0.5) is 5.82 Å². The van der Waals surface area contributed by atoms with Crippen LogP contribution in [-0.2, 0) is 47.2 Å². The van der Waals surface area contributed by atoms with Gasteiger partial charge in [0.1, 0.15) is 41.4 Å². The van der Waals surface area contributed by atoms with Crippen LogP contribution in [-0.4, -0.2) is 150 Å². The lowest BCUT2D eigenvalue weighted by atomic mass is 9.96. The van der Waals surface area contributed by atoms with Crippen LogP contribution in [0, 0.1) is 17.8 Å². The number of hydrogen-bond acceptors (Lipinski definition) is 16. The van der Waals surface area contributed by atoms with E-state index in [-0.39, 0.29) is 17.6 Å². The van der Waals surface area contributed by atoms with E-state index >= 15 is 4.57 Å². The van der Waals surface area contributed by atoms with Crippen LogP contribution >= 0.6 is 7.75 Å². The first-order chi connectivity index (χ1) is 30.1. The van der Waals surface area contributed by atoms with Crippen molar-refractivity contribution in [1.82, 2.24) is 34.4 Å². The largest absolute Gasteiger partial charge is 0.468 e. The van der Waals surface area contributed by atoms with Gasteiger partial charge < -0.3 is 43.5 Å². The molecule has 1 saturated carbocycles. The molecule has 5 fully saturated rings. The molecular weight excluding hydrogens is 835 g/mol. The van der Waals surface area contributed by atoms with Crippen LogP contribution < -0.4 is 14.9 Å². The molecule has 1 aliphatic carbocycles. The fraction of sp³-hybridized carbons (Fsp3) is 0.628. The lowest BCUT2D eigenvalue weighted by Gasteiger charge is -2.34. The predicted molar refractivity (Wildman–Crippen MR) is 227 cm³/mol. The number of esters is 3. The van der Waals surface area contributed by atoms with Gasteiger partial charge in [-0.05, 0) is 137 Å². The number of likely N-dealkylation sites (tertiary alicyclic amines) is 3. The third-order valence-electron chi connectivity index (χ3n) is 13.5. The lowest BCUT2D eigenvalue weighted by molar-refractivity contribution is -0.184. The molecule has 0 spiro atoms. The summed E-state index contributed by atoms with van der Waals surface area (Å²) in [5, 5.41) is 10.3. The summed E-state index contributed by atoms with van der Waals surface area (Å²) < 4.78 is 54.2. The molecule has 0 radical (unpaired) electrons. The van der Waals surface area contributed by atoms with Gasteiger partial charge in [0, 0.05) is 5.92 Å². The minimum absolute atomic E-state index is 0.140. The van der Waals surface area contributed by atoms with E-state index in [1.54, 1.807) is 53.9 Å². The SMILES string of the molecule is COC(=O)[C@H](C)N[P@@](=O)(Oc1ccccc1)OC1[C@@]2(C)O[C@@H](c3ccc4c(NC(=O)C5CCN(C)CC5)ncnn34)[C@H](OC(=O)C3CCN(C)CC3)[C@@]12OC(=O)C1CCN(C)CC1. The fourth-order valence-electron chi connectivity index (χ4n) is 9.46. The number of carbonyl (C=O) groups is 4. The predicted octanol–water partition coefficient (Wildman–Crippen LogP) is 3.45. The zero-order valence-electron chi connectivity index (χ0n) is 36.8. The molecule has 6 heterocycles. The maximum absolute atomic E-state index is 15.0. The number of aromatic nitrogens is 3. The zero-order valence-corrected chi connectivity index (χ0v) is 37.7. The molecule has 0 bridgehead atoms. The molecule has 4 aliphatic heterocycles. The van der Waals surface area contributed by atoms with E-state index in [1.165, 1.54) is 20.4 Å². The lowest BCUT2D eigenvalue weighted by Crippen LogP contribution is -2.47. The number of para-hydroxylation sites is 1. The summed E-state index contributed by atoms with van der Waals surface area (Å²) in [7, 11) is 2.64. The number of ether oxygens (including phenoxy) is 4. The van der Waals surface area contributed by atoms with Gasteiger partial charge in [-0.1, -0.05) is 18.2 Å². The van der Waals surface area contributed by atoms with Gasteiger partial charge in [-0.2, -0.15) is 10.2 Å². The first-order valence-electron chi connectivity index (χ1n) is 21.8. The minimum atomic E-state index is -4.57. The van der Waals surface area contributed by atoms with Crippen molar-refractivity contribution in [3.05, 3.63) is 54.5 Å². The molecule has 4 saturated heterocycles. The highest BCUT2D eigenvalue weighted by Crippen LogP contribution is 2.71. The van der Waals surface area contributed by atoms with E-state index in [2.05, 4.69) is 35.2 Å². The Hall–Kier alpha value is -4.49. The Labute approximate surface area is 367 Å². The normalized spacial score (nSPS) is 29.0. The third kappa shape index (κ3) is 8.98. The van der Waals surface area contributed by atoms with Crippen molar-refractivity contribution in [3.63, 3.8) is 0 Å². The number of fused-ring (bicyclic) bond motifs is 2. The number of nitrogens with one attached hydrogen (secondary N) is 2. The number of anilines is 1. The molecule has 5 aliphatic rings. The first-order valence-corrected chi connectivity index (χ1v) is 23.4. The van der Waals surface area contributed by atoms with Gasteiger partial charge in [-0.15, -0.1) is 0 Å². The second-order valence-electron chi connectivity index (χ2n) is 17.9. The molecule has 7 atom stereocenters. The summed E-state index contributed by atoms with van der Waals surface area (Å²) in [6.45, 7) is 7.42. The summed E-state index contributed by atoms with van der Waals surface area (Å²) >= 11 is 0. The number of carbonyl (C=O) groups excluding carboxylic acids is 4. The van der Waals surface area contributed by atoms with E-state index in [0.29, 0.717) is 68.9 Å². The maximum Gasteiger partial charge on any atom is 0.459 e. The van der Waals surface area contributed by atoms with E-state index in [4.69, 9.17) is 28.0 Å². The highest BCUT2D eigenvalue weighted by atomic mass is 31.2. The van der Waals surface area contributed by atoms with Crippen molar-refractivity contribution >= 4 is 42.9 Å². The van der Waals surface area contributed by atoms with E-state index in [9.17, 15) is 19.2 Å². The molecule has 342 valence electrons. The van der Waals surface area contributed by atoms with Gasteiger partial charge in [0.25, 0.3) is 0 Å². The molecule has 20 heteroatoms. The number of nitrogens with zero attached hydrogens (tertiary/aromatic N) is 6. The van der Waals surface area contributed by atoms with Gasteiger partial charge in [0.2, 0.25) is 11.5 Å². The first kappa shape index (κ1) is 45.1. The average Bonchev–Trinajstić information content (AvgIpc) is 3.51. The van der Waals surface area contributed by atoms with Crippen LogP contribution in [0.5, 0.6) is 5.75 Å². The maximum atomic E-state index is 15.0. The topological polar surface area (TPSA) is 205 Å². The van der Waals surface area contributed by atoms with Crippen LogP contribution in [0.25, 0.3) is 5.52 Å². The van der Waals surface area contributed by atoms with Crippen LogP contribution in [0.2, 0.25) is 0 Å². The Morgan fingerprint density at radius 3 is 2.03 bits per heavy atom. The molecule has 19 nitrogen and oxygen atoms in total. The molecule has 3 aromatic rings. The van der Waals surface area contributed by atoms with Gasteiger partial charge >= 0.3 is 25.7 Å². The summed E-state index contributed by atoms with van der Waals surface area (Å²) in [5.41, 5.74) is -2.57. The van der Waals surface area contributed by atoms with Crippen molar-refractivity contribution in [2.45, 2.75) is 87.9 Å². The van der Waals surface area contributed by atoms with E-state index in [0.717, 1.165) is 25.9 Å². The van der Waals surface area contributed by atoms with Crippen molar-refractivity contribution in [2.24, 2.45) is 17.8 Å². The van der Waals surface area contributed by atoms with Crippen molar-refractivity contribution in [2.75, 3.05) is 72.8 Å². The average molecular weight is 895 g/mol. The van der Waals surface area contributed by atoms with Crippen LogP contribution in [0.15, 0.2) is 48.8 Å². The summed E-state index contributed by atoms with van der Waals surface area (Å²) in [4.78, 5) is 65.9. The number of benzene rings is 1. The Balaban J connectivity index is 1.18. The van der Waals surface area contributed by atoms with Crippen molar-refractivity contribution in [3.8, 4) is 5.75 Å². The second kappa shape index (κ2) is 18.2. The number of rotatable bonds is 14. The standard InChI is InChI=1S/C43H59N8O11P/c1-27(38(53)57-6)47-63(56,61-31-10-8-7-9-11-31)62-41-42(2)43(41,60-40(55)30-18-24-50(5)25-19-30)35(58-39(54)29-16-22-49(4)23-17-29)34(59-42)32-12-13-33-36(44-26-45-51(32)33)46-37(52)28-14-20-48(3)21-15-28/h7-13,26-30,34-35,41H,14-25H2,1-6H3,(H,47,56)(H,44,45,46,52)/t27-,34-,35-,41?,42+,43+,63+/m0/s1. The van der Waals surface area contributed by atoms with E-state index in [1.807, 2.05) is 21.1 Å². The van der Waals surface area contributed by atoms with Gasteiger partial charge in [-0.25, -0.2) is 14.1 Å². The quantitative estimate of drug-likeness (QED) is 0.135. The molecule has 2 aromatic heterocycles. The van der Waals surface area contributed by atoms with Gasteiger partial charge in [0.15, 0.2) is 11.9 Å². The fourth-order valence-corrected chi connectivity index (χ4v) is 11.2. The highest BCUT2D eigenvalue weighted by molar-refractivity contribution is 7.52. The minimum Gasteiger partial charge on any atom is -0.468 e.